The third-order valence-electron chi connectivity index (χ3n) is 3.53. The van der Waals surface area contributed by atoms with Crippen LogP contribution in [0.4, 0.5) is 0 Å². The number of hydrogen-bond acceptors (Lipinski definition) is 3. The molecule has 1 aliphatic rings. The van der Waals surface area contributed by atoms with Gasteiger partial charge in [0.25, 0.3) is 0 Å². The van der Waals surface area contributed by atoms with E-state index in [2.05, 4.69) is 32.6 Å². The Labute approximate surface area is 93.4 Å². The van der Waals surface area contributed by atoms with Gasteiger partial charge in [-0.1, -0.05) is 20.3 Å². The Morgan fingerprint density at radius 2 is 2.13 bits per heavy atom. The smallest absolute Gasteiger partial charge is 0.0692 e. The zero-order valence-corrected chi connectivity index (χ0v) is 10.5. The summed E-state index contributed by atoms with van der Waals surface area (Å²) < 4.78 is 5.46. The molecule has 2 atom stereocenters. The third kappa shape index (κ3) is 3.44. The van der Waals surface area contributed by atoms with E-state index >= 15 is 0 Å². The van der Waals surface area contributed by atoms with Gasteiger partial charge in [0.1, 0.15) is 0 Å². The van der Waals surface area contributed by atoms with Crippen molar-refractivity contribution in [3.8, 4) is 0 Å². The van der Waals surface area contributed by atoms with Gasteiger partial charge < -0.3 is 9.84 Å². The average Bonchev–Trinajstić information content (AvgIpc) is 2.19. The van der Waals surface area contributed by atoms with Crippen molar-refractivity contribution < 1.29 is 9.84 Å². The maximum atomic E-state index is 10.0. The van der Waals surface area contributed by atoms with Gasteiger partial charge in [-0.3, -0.25) is 4.90 Å². The molecule has 0 spiro atoms. The number of β-amino-alcohol motifs (C(OH)–C–C–N with tert-alkyl or cyclic N) is 1. The second-order valence-electron chi connectivity index (χ2n) is 5.26. The van der Waals surface area contributed by atoms with Crippen LogP contribution in [0.1, 0.15) is 34.1 Å². The molecular weight excluding hydrogens is 190 g/mol. The highest BCUT2D eigenvalue weighted by molar-refractivity contribution is 4.86. The minimum atomic E-state index is -0.215. The normalized spacial score (nSPS) is 26.2. The summed E-state index contributed by atoms with van der Waals surface area (Å²) in [4.78, 5) is 2.34. The van der Waals surface area contributed by atoms with Gasteiger partial charge in [0.15, 0.2) is 0 Å². The van der Waals surface area contributed by atoms with E-state index in [4.69, 9.17) is 4.74 Å². The number of hydrogen-bond donors (Lipinski definition) is 1. The fourth-order valence-electron chi connectivity index (χ4n) is 1.91. The Morgan fingerprint density at radius 1 is 1.47 bits per heavy atom. The monoisotopic (exact) mass is 215 g/mol. The van der Waals surface area contributed by atoms with E-state index in [0.29, 0.717) is 5.92 Å². The van der Waals surface area contributed by atoms with Crippen molar-refractivity contribution in [2.75, 3.05) is 26.3 Å². The van der Waals surface area contributed by atoms with Crippen molar-refractivity contribution in [1.82, 2.24) is 4.90 Å². The molecule has 1 N–H and O–H groups in total. The van der Waals surface area contributed by atoms with Crippen molar-refractivity contribution in [1.29, 1.82) is 0 Å². The second-order valence-corrected chi connectivity index (χ2v) is 5.26. The zero-order chi connectivity index (χ0) is 11.5. The highest BCUT2D eigenvalue weighted by Crippen LogP contribution is 2.20. The number of rotatable bonds is 4. The molecule has 1 aliphatic heterocycles. The summed E-state index contributed by atoms with van der Waals surface area (Å²) in [5, 5.41) is 10.0. The molecule has 15 heavy (non-hydrogen) atoms. The van der Waals surface area contributed by atoms with E-state index in [1.54, 1.807) is 0 Å². The minimum absolute atomic E-state index is 0.0622. The summed E-state index contributed by atoms with van der Waals surface area (Å²) in [6.45, 7) is 11.8. The van der Waals surface area contributed by atoms with Crippen LogP contribution < -0.4 is 0 Å². The first-order chi connectivity index (χ1) is 6.97. The van der Waals surface area contributed by atoms with Crippen molar-refractivity contribution >= 4 is 0 Å². The molecule has 0 aromatic rings. The summed E-state index contributed by atoms with van der Waals surface area (Å²) in [6.07, 6.45) is 0.818. The molecule has 3 heteroatoms. The predicted octanol–water partition coefficient (Wildman–Crippen LogP) is 1.50. The summed E-state index contributed by atoms with van der Waals surface area (Å²) in [5.74, 6) is 0.378. The Kier molecular flexibility index (Phi) is 4.56. The number of ether oxygens (including phenoxy) is 1. The molecule has 1 rings (SSSR count). The van der Waals surface area contributed by atoms with E-state index in [1.807, 2.05) is 0 Å². The van der Waals surface area contributed by atoms with Crippen LogP contribution in [0.15, 0.2) is 0 Å². The highest BCUT2D eigenvalue weighted by Gasteiger charge is 2.32. The number of aliphatic hydroxyl groups excluding tert-OH is 1. The predicted molar refractivity (Wildman–Crippen MR) is 61.9 cm³/mol. The zero-order valence-electron chi connectivity index (χ0n) is 10.5. The van der Waals surface area contributed by atoms with Crippen molar-refractivity contribution in [2.45, 2.75) is 45.8 Å². The van der Waals surface area contributed by atoms with Gasteiger partial charge in [-0.2, -0.15) is 0 Å². The van der Waals surface area contributed by atoms with E-state index in [9.17, 15) is 5.11 Å². The largest absolute Gasteiger partial charge is 0.392 e. The van der Waals surface area contributed by atoms with Gasteiger partial charge in [0.2, 0.25) is 0 Å². The molecule has 1 fully saturated rings. The topological polar surface area (TPSA) is 32.7 Å². The van der Waals surface area contributed by atoms with Gasteiger partial charge in [-0.05, 0) is 19.8 Å². The molecule has 0 aromatic carbocycles. The van der Waals surface area contributed by atoms with Crippen LogP contribution in [0.3, 0.4) is 0 Å². The fourth-order valence-corrected chi connectivity index (χ4v) is 1.91. The molecule has 0 aromatic heterocycles. The van der Waals surface area contributed by atoms with Crippen LogP contribution in [0.25, 0.3) is 0 Å². The van der Waals surface area contributed by atoms with Gasteiger partial charge >= 0.3 is 0 Å². The third-order valence-corrected chi connectivity index (χ3v) is 3.53. The Bertz CT molecular complexity index is 194. The van der Waals surface area contributed by atoms with Crippen LogP contribution in [0, 0.1) is 5.92 Å². The standard InChI is InChI=1S/C12H25NO2/c1-5-10(2)11(14)8-13-6-7-15-9-12(13,3)4/h10-11,14H,5-9H2,1-4H3. The summed E-state index contributed by atoms with van der Waals surface area (Å²) in [6, 6.07) is 0. The molecule has 3 nitrogen and oxygen atoms in total. The van der Waals surface area contributed by atoms with Crippen LogP contribution in [-0.2, 0) is 4.74 Å². The molecule has 1 saturated heterocycles. The Morgan fingerprint density at radius 3 is 2.67 bits per heavy atom. The van der Waals surface area contributed by atoms with Crippen molar-refractivity contribution in [3.63, 3.8) is 0 Å². The lowest BCUT2D eigenvalue weighted by atomic mass is 9.97. The van der Waals surface area contributed by atoms with Gasteiger partial charge in [0.05, 0.1) is 19.3 Å². The van der Waals surface area contributed by atoms with Crippen LogP contribution in [0.5, 0.6) is 0 Å². The summed E-state index contributed by atoms with van der Waals surface area (Å²) >= 11 is 0. The number of morpholine rings is 1. The minimum Gasteiger partial charge on any atom is -0.392 e. The molecule has 90 valence electrons. The Hall–Kier alpha value is -0.120. The molecule has 0 amide bonds. The van der Waals surface area contributed by atoms with Crippen LogP contribution in [0.2, 0.25) is 0 Å². The van der Waals surface area contributed by atoms with Crippen molar-refractivity contribution in [2.24, 2.45) is 5.92 Å². The SMILES string of the molecule is CCC(C)C(O)CN1CCOCC1(C)C. The van der Waals surface area contributed by atoms with E-state index in [-0.39, 0.29) is 11.6 Å². The highest BCUT2D eigenvalue weighted by atomic mass is 16.5. The lowest BCUT2D eigenvalue weighted by Gasteiger charge is -2.43. The maximum absolute atomic E-state index is 10.0. The summed E-state index contributed by atoms with van der Waals surface area (Å²) in [7, 11) is 0. The Balaban J connectivity index is 2.48. The lowest BCUT2D eigenvalue weighted by Crippen LogP contribution is -2.55. The molecule has 0 saturated carbocycles. The molecule has 0 radical (unpaired) electrons. The first-order valence-corrected chi connectivity index (χ1v) is 5.98. The molecule has 0 aliphatic carbocycles. The average molecular weight is 215 g/mol. The maximum Gasteiger partial charge on any atom is 0.0692 e. The lowest BCUT2D eigenvalue weighted by molar-refractivity contribution is -0.0722. The first-order valence-electron chi connectivity index (χ1n) is 5.98. The van der Waals surface area contributed by atoms with Crippen molar-refractivity contribution in [3.05, 3.63) is 0 Å². The van der Waals surface area contributed by atoms with Gasteiger partial charge in [-0.25, -0.2) is 0 Å². The molecule has 0 bridgehead atoms. The van der Waals surface area contributed by atoms with Gasteiger partial charge in [-0.15, -0.1) is 0 Å². The summed E-state index contributed by atoms with van der Waals surface area (Å²) in [5.41, 5.74) is 0.0622. The molecular formula is C12H25NO2. The first kappa shape index (κ1) is 12.9. The van der Waals surface area contributed by atoms with Crippen LogP contribution >= 0.6 is 0 Å². The number of aliphatic hydroxyl groups is 1. The van der Waals surface area contributed by atoms with E-state index in [0.717, 1.165) is 32.7 Å². The van der Waals surface area contributed by atoms with Crippen LogP contribution in [-0.4, -0.2) is 48.0 Å². The van der Waals surface area contributed by atoms with E-state index < -0.39 is 0 Å². The van der Waals surface area contributed by atoms with Gasteiger partial charge in [0, 0.05) is 18.6 Å². The molecule has 1 heterocycles. The van der Waals surface area contributed by atoms with E-state index in [1.165, 1.54) is 0 Å². The fraction of sp³-hybridized carbons (Fsp3) is 1.00. The molecule has 2 unspecified atom stereocenters. The number of nitrogens with zero attached hydrogens (tertiary/aromatic N) is 1. The quantitative estimate of drug-likeness (QED) is 0.771. The second kappa shape index (κ2) is 5.28.